The molecule has 0 amide bonds. The van der Waals surface area contributed by atoms with Crippen LogP contribution in [0.1, 0.15) is 21.5 Å². The number of esters is 1. The fourth-order valence-electron chi connectivity index (χ4n) is 1.77. The van der Waals surface area contributed by atoms with Crippen LogP contribution in [0.4, 0.5) is 0 Å². The summed E-state index contributed by atoms with van der Waals surface area (Å²) in [5.41, 5.74) is 1.71. The second-order valence-electron chi connectivity index (χ2n) is 4.33. The molecule has 0 aliphatic rings. The number of carboxylic acids is 1. The molecule has 0 fully saturated rings. The summed E-state index contributed by atoms with van der Waals surface area (Å²) in [4.78, 5) is 22.5. The molecule has 4 nitrogen and oxygen atoms in total. The first-order valence-electron chi connectivity index (χ1n) is 6.17. The highest BCUT2D eigenvalue weighted by molar-refractivity contribution is 5.88. The summed E-state index contributed by atoms with van der Waals surface area (Å²) in [6.07, 6.45) is 0.0634. The van der Waals surface area contributed by atoms with E-state index in [9.17, 15) is 9.59 Å². The number of carboxylic acid groups (broad SMARTS) is 1. The smallest absolute Gasteiger partial charge is 0.335 e. The second kappa shape index (κ2) is 6.52. The van der Waals surface area contributed by atoms with Crippen molar-refractivity contribution in [1.29, 1.82) is 0 Å². The molecule has 0 aliphatic heterocycles. The Balaban J connectivity index is 1.91. The molecule has 102 valence electrons. The SMILES string of the molecule is O=C(Cc1cccc(C(=O)O)c1)OCc1ccccc1. The summed E-state index contributed by atoms with van der Waals surface area (Å²) in [5.74, 6) is -1.39. The van der Waals surface area contributed by atoms with Crippen molar-refractivity contribution in [3.8, 4) is 0 Å². The van der Waals surface area contributed by atoms with Gasteiger partial charge in [-0.1, -0.05) is 42.5 Å². The highest BCUT2D eigenvalue weighted by atomic mass is 16.5. The van der Waals surface area contributed by atoms with Gasteiger partial charge in [0.05, 0.1) is 12.0 Å². The van der Waals surface area contributed by atoms with E-state index in [1.165, 1.54) is 12.1 Å². The van der Waals surface area contributed by atoms with Gasteiger partial charge >= 0.3 is 11.9 Å². The van der Waals surface area contributed by atoms with E-state index >= 15 is 0 Å². The highest BCUT2D eigenvalue weighted by Gasteiger charge is 2.08. The van der Waals surface area contributed by atoms with E-state index in [0.29, 0.717) is 5.56 Å². The first kappa shape index (κ1) is 13.8. The lowest BCUT2D eigenvalue weighted by molar-refractivity contribution is -0.144. The molecule has 0 bridgehead atoms. The third kappa shape index (κ3) is 3.95. The standard InChI is InChI=1S/C16H14O4/c17-15(20-11-12-5-2-1-3-6-12)10-13-7-4-8-14(9-13)16(18)19/h1-9H,10-11H2,(H,18,19). The molecule has 20 heavy (non-hydrogen) atoms. The average molecular weight is 270 g/mol. The van der Waals surface area contributed by atoms with Gasteiger partial charge in [-0.15, -0.1) is 0 Å². The monoisotopic (exact) mass is 270 g/mol. The Hall–Kier alpha value is -2.62. The van der Waals surface area contributed by atoms with E-state index in [-0.39, 0.29) is 24.6 Å². The maximum absolute atomic E-state index is 11.7. The number of ether oxygens (including phenoxy) is 1. The summed E-state index contributed by atoms with van der Waals surface area (Å²) in [6, 6.07) is 15.7. The molecule has 0 atom stereocenters. The number of hydrogen-bond donors (Lipinski definition) is 1. The Morgan fingerprint density at radius 3 is 2.35 bits per heavy atom. The van der Waals surface area contributed by atoms with Gasteiger partial charge in [0.25, 0.3) is 0 Å². The first-order valence-corrected chi connectivity index (χ1v) is 6.17. The third-order valence-corrected chi connectivity index (χ3v) is 2.77. The molecule has 0 spiro atoms. The molecule has 0 saturated heterocycles. The number of aromatic carboxylic acids is 1. The van der Waals surface area contributed by atoms with Crippen LogP contribution in [0.3, 0.4) is 0 Å². The van der Waals surface area contributed by atoms with Gasteiger partial charge in [0.15, 0.2) is 0 Å². The summed E-state index contributed by atoms with van der Waals surface area (Å²) in [5, 5.41) is 8.88. The van der Waals surface area contributed by atoms with Gasteiger partial charge in [-0.3, -0.25) is 4.79 Å². The maximum Gasteiger partial charge on any atom is 0.335 e. The zero-order chi connectivity index (χ0) is 14.4. The molecule has 1 N–H and O–H groups in total. The van der Waals surface area contributed by atoms with Gasteiger partial charge in [-0.25, -0.2) is 4.79 Å². The van der Waals surface area contributed by atoms with Crippen LogP contribution in [0, 0.1) is 0 Å². The van der Waals surface area contributed by atoms with E-state index < -0.39 is 5.97 Å². The minimum absolute atomic E-state index is 0.0634. The topological polar surface area (TPSA) is 63.6 Å². The summed E-state index contributed by atoms with van der Waals surface area (Å²) in [6.45, 7) is 0.221. The van der Waals surface area contributed by atoms with Crippen LogP contribution in [0.15, 0.2) is 54.6 Å². The molecule has 0 heterocycles. The largest absolute Gasteiger partial charge is 0.478 e. The molecule has 2 aromatic rings. The van der Waals surface area contributed by atoms with Crippen molar-refractivity contribution in [2.24, 2.45) is 0 Å². The second-order valence-corrected chi connectivity index (χ2v) is 4.33. The van der Waals surface area contributed by atoms with Crippen LogP contribution in [-0.4, -0.2) is 17.0 Å². The highest BCUT2D eigenvalue weighted by Crippen LogP contribution is 2.08. The van der Waals surface area contributed by atoms with Crippen LogP contribution < -0.4 is 0 Å². The van der Waals surface area contributed by atoms with Crippen molar-refractivity contribution in [1.82, 2.24) is 0 Å². The summed E-state index contributed by atoms with van der Waals surface area (Å²) in [7, 11) is 0. The quantitative estimate of drug-likeness (QED) is 0.848. The maximum atomic E-state index is 11.7. The molecule has 0 aromatic heterocycles. The molecule has 0 aliphatic carbocycles. The van der Waals surface area contributed by atoms with E-state index in [2.05, 4.69) is 0 Å². The van der Waals surface area contributed by atoms with Crippen molar-refractivity contribution in [2.75, 3.05) is 0 Å². The lowest BCUT2D eigenvalue weighted by atomic mass is 10.1. The summed E-state index contributed by atoms with van der Waals surface area (Å²) >= 11 is 0. The van der Waals surface area contributed by atoms with E-state index in [0.717, 1.165) is 5.56 Å². The first-order chi connectivity index (χ1) is 9.65. The van der Waals surface area contributed by atoms with Crippen LogP contribution >= 0.6 is 0 Å². The van der Waals surface area contributed by atoms with Gasteiger partial charge in [0, 0.05) is 0 Å². The molecule has 0 unspecified atom stereocenters. The Labute approximate surface area is 116 Å². The van der Waals surface area contributed by atoms with Crippen molar-refractivity contribution >= 4 is 11.9 Å². The fourth-order valence-corrected chi connectivity index (χ4v) is 1.77. The van der Waals surface area contributed by atoms with Gasteiger partial charge in [-0.2, -0.15) is 0 Å². The molecule has 4 heteroatoms. The third-order valence-electron chi connectivity index (χ3n) is 2.77. The van der Waals surface area contributed by atoms with Crippen LogP contribution in [0.5, 0.6) is 0 Å². The number of benzene rings is 2. The summed E-state index contributed by atoms with van der Waals surface area (Å²) < 4.78 is 5.15. The minimum atomic E-state index is -1.01. The predicted molar refractivity (Wildman–Crippen MR) is 73.3 cm³/mol. The Morgan fingerprint density at radius 1 is 0.950 bits per heavy atom. The van der Waals surface area contributed by atoms with E-state index in [1.54, 1.807) is 12.1 Å². The zero-order valence-corrected chi connectivity index (χ0v) is 10.8. The lowest BCUT2D eigenvalue weighted by Gasteiger charge is -2.05. The number of carbonyl (C=O) groups excluding carboxylic acids is 1. The van der Waals surface area contributed by atoms with Crippen LogP contribution in [0.25, 0.3) is 0 Å². The molecule has 2 aromatic carbocycles. The Kier molecular flexibility index (Phi) is 4.50. The minimum Gasteiger partial charge on any atom is -0.478 e. The molecular formula is C16H14O4. The number of rotatable bonds is 5. The normalized spacial score (nSPS) is 10.0. The molecule has 2 rings (SSSR count). The van der Waals surface area contributed by atoms with Crippen molar-refractivity contribution < 1.29 is 19.4 Å². The van der Waals surface area contributed by atoms with Gasteiger partial charge in [-0.05, 0) is 23.3 Å². The van der Waals surface area contributed by atoms with Crippen molar-refractivity contribution in [3.63, 3.8) is 0 Å². The van der Waals surface area contributed by atoms with Crippen LogP contribution in [0.2, 0.25) is 0 Å². The Morgan fingerprint density at radius 2 is 1.65 bits per heavy atom. The van der Waals surface area contributed by atoms with Crippen molar-refractivity contribution in [2.45, 2.75) is 13.0 Å². The average Bonchev–Trinajstić information content (AvgIpc) is 2.46. The van der Waals surface area contributed by atoms with Crippen molar-refractivity contribution in [3.05, 3.63) is 71.3 Å². The number of carbonyl (C=O) groups is 2. The van der Waals surface area contributed by atoms with Crippen LogP contribution in [-0.2, 0) is 22.6 Å². The number of hydrogen-bond acceptors (Lipinski definition) is 3. The molecule has 0 radical (unpaired) electrons. The van der Waals surface area contributed by atoms with Gasteiger partial charge in [0.2, 0.25) is 0 Å². The fraction of sp³-hybridized carbons (Fsp3) is 0.125. The van der Waals surface area contributed by atoms with Gasteiger partial charge in [0.1, 0.15) is 6.61 Å². The van der Waals surface area contributed by atoms with E-state index in [4.69, 9.17) is 9.84 Å². The predicted octanol–water partition coefficient (Wildman–Crippen LogP) is 2.67. The lowest BCUT2D eigenvalue weighted by Crippen LogP contribution is -2.08. The Bertz CT molecular complexity index is 605. The zero-order valence-electron chi connectivity index (χ0n) is 10.8. The van der Waals surface area contributed by atoms with E-state index in [1.807, 2.05) is 30.3 Å². The van der Waals surface area contributed by atoms with Gasteiger partial charge < -0.3 is 9.84 Å². The molecule has 0 saturated carbocycles. The molecular weight excluding hydrogens is 256 g/mol.